The minimum absolute atomic E-state index is 0.169. The van der Waals surface area contributed by atoms with Gasteiger partial charge in [0.15, 0.2) is 9.84 Å². The van der Waals surface area contributed by atoms with Gasteiger partial charge in [0.2, 0.25) is 0 Å². The van der Waals surface area contributed by atoms with Crippen molar-refractivity contribution in [3.8, 4) is 0 Å². The van der Waals surface area contributed by atoms with E-state index < -0.39 is 14.6 Å². The molecule has 20 heavy (non-hydrogen) atoms. The highest BCUT2D eigenvalue weighted by Crippen LogP contribution is 2.21. The second-order valence-corrected chi connectivity index (χ2v) is 9.58. The minimum Gasteiger partial charge on any atom is -0.228 e. The Kier molecular flexibility index (Phi) is 6.20. The Morgan fingerprint density at radius 3 is 2.45 bits per heavy atom. The summed E-state index contributed by atoms with van der Waals surface area (Å²) in [6.07, 6.45) is 1.27. The van der Waals surface area contributed by atoms with E-state index in [0.29, 0.717) is 18.2 Å². The molecule has 0 radical (unpaired) electrons. The topological polar surface area (TPSA) is 34.1 Å². The van der Waals surface area contributed by atoms with Crippen LogP contribution in [0, 0.1) is 11.7 Å². The van der Waals surface area contributed by atoms with Crippen LogP contribution in [0.2, 0.25) is 0 Å². The van der Waals surface area contributed by atoms with E-state index in [0.717, 1.165) is 5.56 Å². The molecule has 1 aromatic rings. The summed E-state index contributed by atoms with van der Waals surface area (Å²) in [6.45, 7) is 5.16. The van der Waals surface area contributed by atoms with Gasteiger partial charge in [-0.1, -0.05) is 28.1 Å². The molecule has 0 saturated heterocycles. The van der Waals surface area contributed by atoms with Gasteiger partial charge >= 0.3 is 0 Å². The zero-order chi connectivity index (χ0) is 15.4. The average molecular weight is 365 g/mol. The summed E-state index contributed by atoms with van der Waals surface area (Å²) in [7, 11) is -3.10. The predicted octanol–water partition coefficient (Wildman–Crippen LogP) is 3.98. The Balaban J connectivity index is 2.65. The van der Waals surface area contributed by atoms with Crippen LogP contribution in [0.1, 0.15) is 32.8 Å². The van der Waals surface area contributed by atoms with E-state index in [9.17, 15) is 12.8 Å². The molecule has 1 aromatic carbocycles. The standard InChI is InChI=1S/C15H22BrFO2S/c1-15(2,3)20(18,19)8-7-13(11-16)9-12-5-4-6-14(17)10-12/h4-6,10,13H,7-9,11H2,1-3H3. The number of alkyl halides is 1. The molecule has 0 heterocycles. The van der Waals surface area contributed by atoms with Gasteiger partial charge in [0, 0.05) is 5.33 Å². The molecule has 1 atom stereocenters. The van der Waals surface area contributed by atoms with E-state index in [1.807, 2.05) is 6.07 Å². The summed E-state index contributed by atoms with van der Waals surface area (Å²) in [6, 6.07) is 6.48. The quantitative estimate of drug-likeness (QED) is 0.715. The molecule has 0 fully saturated rings. The fraction of sp³-hybridized carbons (Fsp3) is 0.600. The molecular formula is C15H22BrFO2S. The van der Waals surface area contributed by atoms with Crippen molar-refractivity contribution in [3.63, 3.8) is 0 Å². The average Bonchev–Trinajstić information content (AvgIpc) is 2.33. The van der Waals surface area contributed by atoms with Crippen molar-refractivity contribution in [3.05, 3.63) is 35.6 Å². The SMILES string of the molecule is CC(C)(C)S(=O)(=O)CCC(CBr)Cc1cccc(F)c1. The molecule has 0 spiro atoms. The van der Waals surface area contributed by atoms with Crippen LogP contribution in [0.5, 0.6) is 0 Å². The molecule has 0 bridgehead atoms. The van der Waals surface area contributed by atoms with Crippen molar-refractivity contribution in [2.24, 2.45) is 5.92 Å². The Morgan fingerprint density at radius 2 is 1.95 bits per heavy atom. The van der Waals surface area contributed by atoms with Crippen molar-refractivity contribution in [1.29, 1.82) is 0 Å². The highest BCUT2D eigenvalue weighted by molar-refractivity contribution is 9.09. The molecule has 0 aliphatic carbocycles. The maximum absolute atomic E-state index is 13.1. The fourth-order valence-corrected chi connectivity index (χ4v) is 3.67. The number of halogens is 2. The summed E-state index contributed by atoms with van der Waals surface area (Å²) in [5.74, 6) is 0.106. The second-order valence-electron chi connectivity index (χ2n) is 6.07. The van der Waals surface area contributed by atoms with Gasteiger partial charge in [0.1, 0.15) is 5.82 Å². The van der Waals surface area contributed by atoms with Crippen LogP contribution in [-0.4, -0.2) is 24.2 Å². The Morgan fingerprint density at radius 1 is 1.30 bits per heavy atom. The summed E-state index contributed by atoms with van der Waals surface area (Å²) in [5, 5.41) is 0.711. The molecule has 0 aromatic heterocycles. The zero-order valence-corrected chi connectivity index (χ0v) is 14.6. The lowest BCUT2D eigenvalue weighted by molar-refractivity contribution is 0.531. The molecule has 1 rings (SSSR count). The maximum atomic E-state index is 13.1. The van der Waals surface area contributed by atoms with Crippen LogP contribution < -0.4 is 0 Å². The van der Waals surface area contributed by atoms with Crippen LogP contribution in [0.15, 0.2) is 24.3 Å². The highest BCUT2D eigenvalue weighted by Gasteiger charge is 2.29. The third-order valence-electron chi connectivity index (χ3n) is 3.36. The van der Waals surface area contributed by atoms with Crippen LogP contribution >= 0.6 is 15.9 Å². The summed E-state index contributed by atoms with van der Waals surface area (Å²) >= 11 is 3.42. The monoisotopic (exact) mass is 364 g/mol. The highest BCUT2D eigenvalue weighted by atomic mass is 79.9. The van der Waals surface area contributed by atoms with Crippen molar-refractivity contribution in [2.75, 3.05) is 11.1 Å². The lowest BCUT2D eigenvalue weighted by Crippen LogP contribution is -2.31. The number of hydrogen-bond acceptors (Lipinski definition) is 2. The van der Waals surface area contributed by atoms with Crippen LogP contribution in [0.3, 0.4) is 0 Å². The smallest absolute Gasteiger partial charge is 0.155 e. The summed E-state index contributed by atoms with van der Waals surface area (Å²) in [4.78, 5) is 0. The Bertz CT molecular complexity index is 535. The molecule has 0 N–H and O–H groups in total. The van der Waals surface area contributed by atoms with E-state index in [-0.39, 0.29) is 17.5 Å². The second kappa shape index (κ2) is 7.03. The molecule has 0 aliphatic heterocycles. The summed E-state index contributed by atoms with van der Waals surface area (Å²) in [5.41, 5.74) is 0.905. The molecule has 114 valence electrons. The number of benzene rings is 1. The van der Waals surface area contributed by atoms with Gasteiger partial charge in [-0.05, 0) is 57.2 Å². The first-order chi connectivity index (χ1) is 9.15. The van der Waals surface area contributed by atoms with Gasteiger partial charge in [0.05, 0.1) is 10.5 Å². The van der Waals surface area contributed by atoms with Crippen molar-refractivity contribution >= 4 is 25.8 Å². The third kappa shape index (κ3) is 5.17. The van der Waals surface area contributed by atoms with E-state index in [1.165, 1.54) is 12.1 Å². The first-order valence-electron chi connectivity index (χ1n) is 6.68. The van der Waals surface area contributed by atoms with Crippen LogP contribution in [0.25, 0.3) is 0 Å². The lowest BCUT2D eigenvalue weighted by Gasteiger charge is -2.21. The van der Waals surface area contributed by atoms with Gasteiger partial charge in [-0.15, -0.1) is 0 Å². The molecular weight excluding hydrogens is 343 g/mol. The van der Waals surface area contributed by atoms with Crippen molar-refractivity contribution in [2.45, 2.75) is 38.4 Å². The molecule has 2 nitrogen and oxygen atoms in total. The maximum Gasteiger partial charge on any atom is 0.155 e. The Labute approximate surface area is 129 Å². The fourth-order valence-electron chi connectivity index (χ4n) is 1.86. The third-order valence-corrected chi connectivity index (χ3v) is 6.91. The van der Waals surface area contributed by atoms with E-state index in [2.05, 4.69) is 15.9 Å². The minimum atomic E-state index is -3.10. The predicted molar refractivity (Wildman–Crippen MR) is 85.5 cm³/mol. The van der Waals surface area contributed by atoms with E-state index in [4.69, 9.17) is 0 Å². The first-order valence-corrected chi connectivity index (χ1v) is 9.46. The van der Waals surface area contributed by atoms with E-state index >= 15 is 0 Å². The summed E-state index contributed by atoms with van der Waals surface area (Å²) < 4.78 is 36.6. The van der Waals surface area contributed by atoms with Gasteiger partial charge in [0.25, 0.3) is 0 Å². The van der Waals surface area contributed by atoms with Crippen LogP contribution in [-0.2, 0) is 16.3 Å². The number of hydrogen-bond donors (Lipinski definition) is 0. The van der Waals surface area contributed by atoms with Crippen LogP contribution in [0.4, 0.5) is 4.39 Å². The number of sulfone groups is 1. The molecule has 1 unspecified atom stereocenters. The molecule has 0 aliphatic rings. The number of rotatable bonds is 6. The van der Waals surface area contributed by atoms with Crippen molar-refractivity contribution in [1.82, 2.24) is 0 Å². The van der Waals surface area contributed by atoms with Gasteiger partial charge < -0.3 is 0 Å². The molecule has 5 heteroatoms. The van der Waals surface area contributed by atoms with Gasteiger partial charge in [-0.25, -0.2) is 12.8 Å². The van der Waals surface area contributed by atoms with E-state index in [1.54, 1.807) is 26.8 Å². The molecule has 0 saturated carbocycles. The van der Waals surface area contributed by atoms with Gasteiger partial charge in [-0.2, -0.15) is 0 Å². The zero-order valence-electron chi connectivity index (χ0n) is 12.2. The van der Waals surface area contributed by atoms with Gasteiger partial charge in [-0.3, -0.25) is 0 Å². The first kappa shape index (κ1) is 17.6. The Hall–Kier alpha value is -0.420. The lowest BCUT2D eigenvalue weighted by atomic mass is 9.99. The molecule has 0 amide bonds. The van der Waals surface area contributed by atoms with Crippen molar-refractivity contribution < 1.29 is 12.8 Å². The largest absolute Gasteiger partial charge is 0.228 e. The normalized spacial score (nSPS) is 14.2.